The van der Waals surface area contributed by atoms with E-state index in [-0.39, 0.29) is 11.8 Å². The number of likely N-dealkylation sites (tertiary alicyclic amines) is 1. The molecule has 0 bridgehead atoms. The molecule has 3 N–H and O–H groups in total. The van der Waals surface area contributed by atoms with E-state index in [4.69, 9.17) is 5.73 Å². The summed E-state index contributed by atoms with van der Waals surface area (Å²) < 4.78 is 0. The number of benzene rings is 1. The van der Waals surface area contributed by atoms with Gasteiger partial charge in [-0.3, -0.25) is 9.59 Å². The van der Waals surface area contributed by atoms with Crippen molar-refractivity contribution >= 4 is 23.6 Å². The van der Waals surface area contributed by atoms with Crippen molar-refractivity contribution in [3.05, 3.63) is 29.8 Å². The predicted molar refractivity (Wildman–Crippen MR) is 84.4 cm³/mol. The number of nitrogens with two attached hydrogens (primary N) is 1. The maximum Gasteiger partial charge on any atom is 0.252 e. The highest BCUT2D eigenvalue weighted by atomic mass is 32.2. The van der Waals surface area contributed by atoms with Crippen molar-refractivity contribution in [2.24, 2.45) is 5.73 Å². The normalized spacial score (nSPS) is 14.2. The molecule has 1 aromatic rings. The van der Waals surface area contributed by atoms with Crippen LogP contribution in [0.4, 0.5) is 0 Å². The second-order valence-electron chi connectivity index (χ2n) is 4.92. The third kappa shape index (κ3) is 4.47. The average Bonchev–Trinajstić information content (AvgIpc) is 3.05. The third-order valence-electron chi connectivity index (χ3n) is 3.37. The molecule has 1 aliphatic heterocycles. The Morgan fingerprint density at radius 3 is 2.67 bits per heavy atom. The highest BCUT2D eigenvalue weighted by molar-refractivity contribution is 8.00. The highest BCUT2D eigenvalue weighted by Gasteiger charge is 2.19. The Morgan fingerprint density at radius 2 is 1.95 bits per heavy atom. The lowest BCUT2D eigenvalue weighted by atomic mass is 10.2. The predicted octanol–water partition coefficient (Wildman–Crippen LogP) is 1.09. The van der Waals surface area contributed by atoms with Crippen molar-refractivity contribution in [3.8, 4) is 0 Å². The topological polar surface area (TPSA) is 75.4 Å². The Hall–Kier alpha value is -1.53. The number of nitrogens with one attached hydrogen (secondary N) is 1. The van der Waals surface area contributed by atoms with E-state index in [2.05, 4.69) is 5.32 Å². The Kier molecular flexibility index (Phi) is 6.07. The summed E-state index contributed by atoms with van der Waals surface area (Å²) in [5.74, 6) is 0.383. The molecule has 0 spiro atoms. The first-order valence-corrected chi connectivity index (χ1v) is 8.19. The molecule has 1 fully saturated rings. The van der Waals surface area contributed by atoms with Gasteiger partial charge in [-0.2, -0.15) is 0 Å². The number of hydrogen-bond donors (Lipinski definition) is 2. The Balaban J connectivity index is 1.96. The standard InChI is InChI=1S/C15H21N3O2S/c16-7-8-17-15(20)12-5-1-2-6-13(12)21-11-14(19)18-9-3-4-10-18/h1-2,5-6H,3-4,7-11,16H2,(H,17,20). The minimum atomic E-state index is -0.142. The second kappa shape index (κ2) is 8.05. The van der Waals surface area contributed by atoms with Crippen molar-refractivity contribution in [2.45, 2.75) is 17.7 Å². The first-order valence-electron chi connectivity index (χ1n) is 7.20. The fraction of sp³-hybridized carbons (Fsp3) is 0.467. The quantitative estimate of drug-likeness (QED) is 0.772. The second-order valence-corrected chi connectivity index (χ2v) is 5.93. The van der Waals surface area contributed by atoms with Gasteiger partial charge in [0, 0.05) is 31.1 Å². The van der Waals surface area contributed by atoms with Crippen LogP contribution in [0.1, 0.15) is 23.2 Å². The summed E-state index contributed by atoms with van der Waals surface area (Å²) in [4.78, 5) is 26.8. The number of nitrogens with zero attached hydrogens (tertiary/aromatic N) is 1. The minimum absolute atomic E-state index is 0.142. The van der Waals surface area contributed by atoms with Crippen molar-refractivity contribution in [1.29, 1.82) is 0 Å². The van der Waals surface area contributed by atoms with Crippen LogP contribution >= 0.6 is 11.8 Å². The number of rotatable bonds is 6. The summed E-state index contributed by atoms with van der Waals surface area (Å²) >= 11 is 1.42. The lowest BCUT2D eigenvalue weighted by Crippen LogP contribution is -2.30. The fourth-order valence-electron chi connectivity index (χ4n) is 2.26. The van der Waals surface area contributed by atoms with Crippen LogP contribution in [0, 0.1) is 0 Å². The van der Waals surface area contributed by atoms with Gasteiger partial charge in [0.05, 0.1) is 11.3 Å². The molecule has 6 heteroatoms. The molecule has 0 aromatic heterocycles. The molecule has 1 heterocycles. The van der Waals surface area contributed by atoms with Gasteiger partial charge < -0.3 is 16.0 Å². The van der Waals surface area contributed by atoms with Crippen LogP contribution in [0.2, 0.25) is 0 Å². The number of thioether (sulfide) groups is 1. The molecule has 2 rings (SSSR count). The smallest absolute Gasteiger partial charge is 0.252 e. The van der Waals surface area contributed by atoms with Crippen LogP contribution < -0.4 is 11.1 Å². The molecular formula is C15H21N3O2S. The lowest BCUT2D eigenvalue weighted by molar-refractivity contribution is -0.127. The SMILES string of the molecule is NCCNC(=O)c1ccccc1SCC(=O)N1CCCC1. The number of amides is 2. The summed E-state index contributed by atoms with van der Waals surface area (Å²) in [6.07, 6.45) is 2.18. The maximum atomic E-state index is 12.1. The molecule has 0 radical (unpaired) electrons. The monoisotopic (exact) mass is 307 g/mol. The molecule has 114 valence electrons. The molecule has 1 aliphatic rings. The maximum absolute atomic E-state index is 12.1. The van der Waals surface area contributed by atoms with E-state index in [0.717, 1.165) is 30.8 Å². The molecule has 0 unspecified atom stereocenters. The zero-order valence-corrected chi connectivity index (χ0v) is 12.8. The molecule has 1 saturated heterocycles. The van der Waals surface area contributed by atoms with E-state index in [0.29, 0.717) is 24.4 Å². The summed E-state index contributed by atoms with van der Waals surface area (Å²) in [5, 5.41) is 2.76. The van der Waals surface area contributed by atoms with Gasteiger partial charge in [-0.25, -0.2) is 0 Å². The van der Waals surface area contributed by atoms with Gasteiger partial charge in [-0.15, -0.1) is 11.8 Å². The van der Waals surface area contributed by atoms with Gasteiger partial charge >= 0.3 is 0 Å². The Morgan fingerprint density at radius 1 is 1.24 bits per heavy atom. The third-order valence-corrected chi connectivity index (χ3v) is 4.43. The van der Waals surface area contributed by atoms with E-state index >= 15 is 0 Å². The molecule has 0 saturated carbocycles. The Bertz CT molecular complexity index is 501. The van der Waals surface area contributed by atoms with Gasteiger partial charge in [-0.1, -0.05) is 12.1 Å². The van der Waals surface area contributed by atoms with Crippen molar-refractivity contribution in [3.63, 3.8) is 0 Å². The van der Waals surface area contributed by atoms with Gasteiger partial charge in [-0.05, 0) is 25.0 Å². The van der Waals surface area contributed by atoms with Gasteiger partial charge in [0.25, 0.3) is 5.91 Å². The zero-order chi connectivity index (χ0) is 15.1. The Labute approximate surface area is 129 Å². The molecule has 1 aromatic carbocycles. The van der Waals surface area contributed by atoms with E-state index in [1.54, 1.807) is 6.07 Å². The largest absolute Gasteiger partial charge is 0.351 e. The van der Waals surface area contributed by atoms with Crippen LogP contribution in [-0.4, -0.2) is 48.6 Å². The van der Waals surface area contributed by atoms with Crippen LogP contribution in [0.25, 0.3) is 0 Å². The number of carbonyl (C=O) groups is 2. The first kappa shape index (κ1) is 15.9. The van der Waals surface area contributed by atoms with Crippen LogP contribution in [0.15, 0.2) is 29.2 Å². The molecule has 2 amide bonds. The van der Waals surface area contributed by atoms with Crippen LogP contribution in [0.3, 0.4) is 0 Å². The minimum Gasteiger partial charge on any atom is -0.351 e. The summed E-state index contributed by atoms with van der Waals surface area (Å²) in [6, 6.07) is 7.35. The van der Waals surface area contributed by atoms with Gasteiger partial charge in [0.2, 0.25) is 5.91 Å². The van der Waals surface area contributed by atoms with Gasteiger partial charge in [0.15, 0.2) is 0 Å². The molecule has 5 nitrogen and oxygen atoms in total. The average molecular weight is 307 g/mol. The van der Waals surface area contributed by atoms with Crippen molar-refractivity contribution in [2.75, 3.05) is 31.9 Å². The molecule has 0 atom stereocenters. The van der Waals surface area contributed by atoms with Crippen LogP contribution in [-0.2, 0) is 4.79 Å². The van der Waals surface area contributed by atoms with Gasteiger partial charge in [0.1, 0.15) is 0 Å². The summed E-state index contributed by atoms with van der Waals surface area (Å²) in [5.41, 5.74) is 5.99. The van der Waals surface area contributed by atoms with Crippen molar-refractivity contribution in [1.82, 2.24) is 10.2 Å². The summed E-state index contributed by atoms with van der Waals surface area (Å²) in [7, 11) is 0. The number of hydrogen-bond acceptors (Lipinski definition) is 4. The van der Waals surface area contributed by atoms with E-state index in [1.165, 1.54) is 11.8 Å². The number of carbonyl (C=O) groups excluding carboxylic acids is 2. The van der Waals surface area contributed by atoms with E-state index < -0.39 is 0 Å². The molecular weight excluding hydrogens is 286 g/mol. The van der Waals surface area contributed by atoms with Crippen LogP contribution in [0.5, 0.6) is 0 Å². The van der Waals surface area contributed by atoms with Crippen molar-refractivity contribution < 1.29 is 9.59 Å². The van der Waals surface area contributed by atoms with E-state index in [1.807, 2.05) is 23.1 Å². The lowest BCUT2D eigenvalue weighted by Gasteiger charge is -2.15. The zero-order valence-electron chi connectivity index (χ0n) is 12.0. The fourth-order valence-corrected chi connectivity index (χ4v) is 3.21. The molecule has 21 heavy (non-hydrogen) atoms. The summed E-state index contributed by atoms with van der Waals surface area (Å²) in [6.45, 7) is 2.58. The highest BCUT2D eigenvalue weighted by Crippen LogP contribution is 2.23. The molecule has 0 aliphatic carbocycles. The first-order chi connectivity index (χ1) is 10.2. The van der Waals surface area contributed by atoms with E-state index in [9.17, 15) is 9.59 Å².